The number of H-pyrrole nitrogens is 1. The molecule has 1 amide bonds. The van der Waals surface area contributed by atoms with Gasteiger partial charge in [0.15, 0.2) is 5.43 Å². The lowest BCUT2D eigenvalue weighted by Crippen LogP contribution is -2.21. The first-order valence-electron chi connectivity index (χ1n) is 5.71. The Balaban J connectivity index is 2.28. The van der Waals surface area contributed by atoms with Crippen LogP contribution >= 0.6 is 11.6 Å². The van der Waals surface area contributed by atoms with Crippen LogP contribution in [0, 0.1) is 18.3 Å². The Labute approximate surface area is 119 Å². The van der Waals surface area contributed by atoms with Crippen LogP contribution in [-0.2, 0) is 0 Å². The van der Waals surface area contributed by atoms with Gasteiger partial charge < -0.3 is 10.3 Å². The van der Waals surface area contributed by atoms with E-state index < -0.39 is 5.91 Å². The van der Waals surface area contributed by atoms with Gasteiger partial charge in [-0.2, -0.15) is 5.26 Å². The van der Waals surface area contributed by atoms with Crippen LogP contribution in [0.4, 0.5) is 5.69 Å². The topological polar surface area (TPSA) is 85.8 Å². The normalized spacial score (nSPS) is 9.85. The Kier molecular flexibility index (Phi) is 3.87. The summed E-state index contributed by atoms with van der Waals surface area (Å²) in [5.74, 6) is -0.544. The smallest absolute Gasteiger partial charge is 0.261 e. The van der Waals surface area contributed by atoms with Crippen molar-refractivity contribution >= 4 is 23.2 Å². The molecule has 0 unspecified atom stereocenters. The number of hydrogen-bond acceptors (Lipinski definition) is 3. The Bertz CT molecular complexity index is 775. The number of rotatable bonds is 2. The second-order valence-electron chi connectivity index (χ2n) is 4.15. The number of halogens is 1. The van der Waals surface area contributed by atoms with Gasteiger partial charge in [0.1, 0.15) is 11.6 Å². The number of anilines is 1. The molecule has 0 fully saturated rings. The summed E-state index contributed by atoms with van der Waals surface area (Å²) in [6, 6.07) is 7.78. The molecule has 100 valence electrons. The minimum absolute atomic E-state index is 0.00376. The zero-order chi connectivity index (χ0) is 14.7. The van der Waals surface area contributed by atoms with Gasteiger partial charge in [0, 0.05) is 23.6 Å². The number of carbonyl (C=O) groups is 1. The lowest BCUT2D eigenvalue weighted by Gasteiger charge is -2.06. The summed E-state index contributed by atoms with van der Waals surface area (Å²) in [6.07, 6.45) is 1.36. The molecular formula is C14H10ClN3O2. The van der Waals surface area contributed by atoms with Crippen LogP contribution in [0.15, 0.2) is 35.3 Å². The first-order valence-corrected chi connectivity index (χ1v) is 6.09. The van der Waals surface area contributed by atoms with Crippen LogP contribution in [-0.4, -0.2) is 10.9 Å². The molecule has 6 heteroatoms. The highest BCUT2D eigenvalue weighted by molar-refractivity contribution is 6.31. The summed E-state index contributed by atoms with van der Waals surface area (Å²) in [7, 11) is 0. The van der Waals surface area contributed by atoms with Crippen LogP contribution in [0.1, 0.15) is 21.6 Å². The van der Waals surface area contributed by atoms with Gasteiger partial charge in [-0.25, -0.2) is 0 Å². The van der Waals surface area contributed by atoms with E-state index in [0.717, 1.165) is 0 Å². The third-order valence-corrected chi connectivity index (χ3v) is 2.98. The Morgan fingerprint density at radius 3 is 2.80 bits per heavy atom. The van der Waals surface area contributed by atoms with Gasteiger partial charge in [0.05, 0.1) is 10.6 Å². The molecule has 0 saturated carbocycles. The molecular weight excluding hydrogens is 278 g/mol. The first kappa shape index (κ1) is 13.8. The van der Waals surface area contributed by atoms with Crippen molar-refractivity contribution in [2.75, 3.05) is 5.32 Å². The van der Waals surface area contributed by atoms with Crippen molar-refractivity contribution in [1.82, 2.24) is 4.98 Å². The number of aromatic nitrogens is 1. The molecule has 0 radical (unpaired) electrons. The van der Waals surface area contributed by atoms with Gasteiger partial charge >= 0.3 is 0 Å². The lowest BCUT2D eigenvalue weighted by atomic mass is 10.2. The van der Waals surface area contributed by atoms with E-state index >= 15 is 0 Å². The van der Waals surface area contributed by atoms with Gasteiger partial charge in [-0.3, -0.25) is 9.59 Å². The quantitative estimate of drug-likeness (QED) is 0.889. The molecule has 0 aliphatic heterocycles. The van der Waals surface area contributed by atoms with E-state index in [-0.39, 0.29) is 16.6 Å². The van der Waals surface area contributed by atoms with Crippen molar-refractivity contribution in [3.63, 3.8) is 0 Å². The highest BCUT2D eigenvalue weighted by Crippen LogP contribution is 2.19. The van der Waals surface area contributed by atoms with Crippen LogP contribution in [0.5, 0.6) is 0 Å². The minimum atomic E-state index is -0.544. The maximum absolute atomic E-state index is 12.0. The number of aryl methyl sites for hydroxylation is 1. The molecule has 2 rings (SSSR count). The van der Waals surface area contributed by atoms with Crippen LogP contribution in [0.3, 0.4) is 0 Å². The number of hydrogen-bond donors (Lipinski definition) is 2. The first-order chi connectivity index (χ1) is 9.51. The molecule has 0 atom stereocenters. The van der Waals surface area contributed by atoms with Crippen molar-refractivity contribution in [3.05, 3.63) is 62.5 Å². The molecule has 1 aromatic heterocycles. The van der Waals surface area contributed by atoms with Gasteiger partial charge in [-0.1, -0.05) is 11.6 Å². The van der Waals surface area contributed by atoms with E-state index in [1.807, 2.05) is 6.07 Å². The van der Waals surface area contributed by atoms with E-state index in [9.17, 15) is 9.59 Å². The Morgan fingerprint density at radius 2 is 2.15 bits per heavy atom. The largest absolute Gasteiger partial charge is 0.364 e. The van der Waals surface area contributed by atoms with Gasteiger partial charge in [-0.05, 0) is 25.1 Å². The van der Waals surface area contributed by atoms with E-state index in [4.69, 9.17) is 16.9 Å². The summed E-state index contributed by atoms with van der Waals surface area (Å²) in [5.41, 5.74) is 0.959. The van der Waals surface area contributed by atoms with E-state index in [2.05, 4.69) is 10.3 Å². The zero-order valence-corrected chi connectivity index (χ0v) is 11.3. The maximum Gasteiger partial charge on any atom is 0.261 e. The van der Waals surface area contributed by atoms with Crippen molar-refractivity contribution < 1.29 is 4.79 Å². The molecule has 20 heavy (non-hydrogen) atoms. The van der Waals surface area contributed by atoms with Crippen molar-refractivity contribution in [1.29, 1.82) is 5.26 Å². The summed E-state index contributed by atoms with van der Waals surface area (Å²) in [4.78, 5) is 26.5. The summed E-state index contributed by atoms with van der Waals surface area (Å²) in [6.45, 7) is 1.72. The van der Waals surface area contributed by atoms with E-state index in [1.165, 1.54) is 24.4 Å². The Morgan fingerprint density at radius 1 is 1.40 bits per heavy atom. The van der Waals surface area contributed by atoms with Crippen molar-refractivity contribution in [2.24, 2.45) is 0 Å². The maximum atomic E-state index is 12.0. The molecule has 1 aromatic carbocycles. The fraction of sp³-hybridized carbons (Fsp3) is 0.0714. The second-order valence-corrected chi connectivity index (χ2v) is 4.56. The number of nitriles is 1. The number of aromatic amines is 1. The number of amides is 1. The van der Waals surface area contributed by atoms with Crippen LogP contribution in [0.25, 0.3) is 0 Å². The summed E-state index contributed by atoms with van der Waals surface area (Å²) in [5, 5.41) is 11.7. The molecule has 0 saturated heterocycles. The fourth-order valence-electron chi connectivity index (χ4n) is 1.64. The van der Waals surface area contributed by atoms with Crippen molar-refractivity contribution in [3.8, 4) is 6.07 Å². The van der Waals surface area contributed by atoms with Gasteiger partial charge in [-0.15, -0.1) is 0 Å². The van der Waals surface area contributed by atoms with Crippen LogP contribution < -0.4 is 10.7 Å². The third kappa shape index (κ3) is 2.87. The van der Waals surface area contributed by atoms with E-state index in [1.54, 1.807) is 13.0 Å². The molecule has 0 spiro atoms. The highest BCUT2D eigenvalue weighted by atomic mass is 35.5. The molecule has 2 N–H and O–H groups in total. The number of pyridine rings is 1. The molecule has 0 bridgehead atoms. The second kappa shape index (κ2) is 5.59. The average Bonchev–Trinajstić information content (AvgIpc) is 2.40. The monoisotopic (exact) mass is 287 g/mol. The lowest BCUT2D eigenvalue weighted by molar-refractivity contribution is 0.102. The molecule has 1 heterocycles. The average molecular weight is 288 g/mol. The minimum Gasteiger partial charge on any atom is -0.364 e. The summed E-state index contributed by atoms with van der Waals surface area (Å²) >= 11 is 5.80. The number of benzene rings is 1. The molecule has 0 aliphatic rings. The number of nitrogens with one attached hydrogen (secondary N) is 2. The third-order valence-electron chi connectivity index (χ3n) is 2.65. The predicted octanol–water partition coefficient (Wildman–Crippen LogP) is 2.46. The van der Waals surface area contributed by atoms with Crippen LogP contribution in [0.2, 0.25) is 5.02 Å². The fourth-order valence-corrected chi connectivity index (χ4v) is 1.80. The number of carbonyl (C=O) groups excluding carboxylic acids is 1. The molecule has 0 aliphatic carbocycles. The number of nitrogens with zero attached hydrogens (tertiary/aromatic N) is 1. The van der Waals surface area contributed by atoms with E-state index in [0.29, 0.717) is 16.4 Å². The van der Waals surface area contributed by atoms with Gasteiger partial charge in [0.25, 0.3) is 5.91 Å². The Hall–Kier alpha value is -2.58. The molecule has 5 nitrogen and oxygen atoms in total. The SMILES string of the molecule is Cc1cc(=O)c(C(=O)Nc2ccc(Cl)c(C#N)c2)c[nH]1. The molecule has 2 aromatic rings. The summed E-state index contributed by atoms with van der Waals surface area (Å²) < 4.78 is 0. The predicted molar refractivity (Wildman–Crippen MR) is 75.9 cm³/mol. The highest BCUT2D eigenvalue weighted by Gasteiger charge is 2.11. The van der Waals surface area contributed by atoms with Gasteiger partial charge in [0.2, 0.25) is 0 Å². The van der Waals surface area contributed by atoms with Crippen molar-refractivity contribution in [2.45, 2.75) is 6.92 Å². The standard InChI is InChI=1S/C14H10ClN3O2/c1-8-4-13(19)11(7-17-8)14(20)18-10-2-3-12(15)9(5-10)6-16/h2-5,7H,1H3,(H,17,19)(H,18,20). The zero-order valence-electron chi connectivity index (χ0n) is 10.5.